The van der Waals surface area contributed by atoms with Crippen LogP contribution in [-0.4, -0.2) is 29.2 Å². The summed E-state index contributed by atoms with van der Waals surface area (Å²) in [6.07, 6.45) is 0.568. The number of pyridine rings is 1. The van der Waals surface area contributed by atoms with Crippen molar-refractivity contribution >= 4 is 17.6 Å². The van der Waals surface area contributed by atoms with Gasteiger partial charge in [-0.3, -0.25) is 10.1 Å². The van der Waals surface area contributed by atoms with Crippen LogP contribution in [0.4, 0.5) is 16.3 Å². The normalized spacial score (nSPS) is 9.71. The second kappa shape index (κ2) is 5.64. The number of hydrogen-bond acceptors (Lipinski definition) is 6. The molecule has 8 heteroatoms. The van der Waals surface area contributed by atoms with Crippen LogP contribution in [0, 0.1) is 17.0 Å². The van der Waals surface area contributed by atoms with Gasteiger partial charge in [0.2, 0.25) is 5.82 Å². The van der Waals surface area contributed by atoms with Gasteiger partial charge in [-0.25, -0.2) is 9.78 Å². The molecule has 0 saturated carbocycles. The van der Waals surface area contributed by atoms with E-state index in [-0.39, 0.29) is 24.7 Å². The van der Waals surface area contributed by atoms with E-state index in [1.54, 1.807) is 13.0 Å². The Morgan fingerprint density at radius 1 is 1.71 bits per heavy atom. The van der Waals surface area contributed by atoms with Crippen LogP contribution in [0.15, 0.2) is 12.3 Å². The number of nitrogens with two attached hydrogens (primary N) is 1. The van der Waals surface area contributed by atoms with Gasteiger partial charge < -0.3 is 15.8 Å². The predicted octanol–water partition coefficient (Wildman–Crippen LogP) is 0.805. The number of rotatable bonds is 5. The summed E-state index contributed by atoms with van der Waals surface area (Å²) in [5.74, 6) is 0.142. The Kier molecular flexibility index (Phi) is 4.21. The van der Waals surface area contributed by atoms with E-state index in [1.165, 1.54) is 6.20 Å². The molecule has 0 bridgehead atoms. The lowest BCUT2D eigenvalue weighted by Crippen LogP contribution is -2.19. The molecule has 0 spiro atoms. The highest BCUT2D eigenvalue weighted by Crippen LogP contribution is 2.24. The smallest absolute Gasteiger partial charge is 0.404 e. The molecule has 3 N–H and O–H groups in total. The third-order valence-corrected chi connectivity index (χ3v) is 1.95. The minimum absolute atomic E-state index is 0.0160. The maximum atomic E-state index is 10.8. The van der Waals surface area contributed by atoms with E-state index in [9.17, 15) is 14.9 Å². The molecule has 0 atom stereocenters. The number of aryl methyl sites for hydroxylation is 1. The second-order valence-electron chi connectivity index (χ2n) is 3.18. The molecule has 0 aliphatic rings. The fourth-order valence-electron chi connectivity index (χ4n) is 1.23. The van der Waals surface area contributed by atoms with E-state index in [4.69, 9.17) is 5.73 Å². The number of aromatic nitrogens is 1. The monoisotopic (exact) mass is 240 g/mol. The van der Waals surface area contributed by atoms with Gasteiger partial charge >= 0.3 is 11.8 Å². The highest BCUT2D eigenvalue weighted by atomic mass is 16.6. The quantitative estimate of drug-likeness (QED) is 0.446. The van der Waals surface area contributed by atoms with Crippen molar-refractivity contribution in [2.45, 2.75) is 6.92 Å². The van der Waals surface area contributed by atoms with E-state index < -0.39 is 11.0 Å². The van der Waals surface area contributed by atoms with Gasteiger partial charge in [0.15, 0.2) is 0 Å². The summed E-state index contributed by atoms with van der Waals surface area (Å²) in [5, 5.41) is 13.5. The van der Waals surface area contributed by atoms with Crippen molar-refractivity contribution in [3.63, 3.8) is 0 Å². The van der Waals surface area contributed by atoms with E-state index in [0.29, 0.717) is 5.56 Å². The number of nitrogens with one attached hydrogen (secondary N) is 1. The van der Waals surface area contributed by atoms with Gasteiger partial charge in [-0.2, -0.15) is 0 Å². The van der Waals surface area contributed by atoms with Gasteiger partial charge in [-0.15, -0.1) is 0 Å². The zero-order valence-electron chi connectivity index (χ0n) is 9.17. The van der Waals surface area contributed by atoms with Crippen LogP contribution < -0.4 is 11.1 Å². The highest BCUT2D eigenvalue weighted by Gasteiger charge is 2.17. The number of ether oxygens (including phenoxy) is 1. The Hall–Kier alpha value is -2.38. The van der Waals surface area contributed by atoms with E-state index >= 15 is 0 Å². The van der Waals surface area contributed by atoms with Gasteiger partial charge in [0.05, 0.1) is 11.5 Å². The standard InChI is InChI=1S/C9H12N4O4/c1-6-2-3-11-8(7(6)13(15)16)12-4-5-17-9(10)14/h2-3H,4-5H2,1H3,(H2,10,14)(H,11,12). The van der Waals surface area contributed by atoms with Gasteiger partial charge in [0.25, 0.3) is 0 Å². The maximum Gasteiger partial charge on any atom is 0.404 e. The molecule has 1 heterocycles. The third-order valence-electron chi connectivity index (χ3n) is 1.95. The summed E-state index contributed by atoms with van der Waals surface area (Å²) in [4.78, 5) is 24.4. The predicted molar refractivity (Wildman–Crippen MR) is 59.7 cm³/mol. The molecule has 1 aromatic heterocycles. The molecule has 0 unspecified atom stereocenters. The average molecular weight is 240 g/mol. The molecule has 0 radical (unpaired) electrons. The highest BCUT2D eigenvalue weighted by molar-refractivity contribution is 5.64. The molecule has 17 heavy (non-hydrogen) atoms. The van der Waals surface area contributed by atoms with Gasteiger partial charge in [0, 0.05) is 11.8 Å². The average Bonchev–Trinajstić information content (AvgIpc) is 2.23. The van der Waals surface area contributed by atoms with Crippen molar-refractivity contribution in [1.82, 2.24) is 4.98 Å². The Morgan fingerprint density at radius 2 is 2.41 bits per heavy atom. The van der Waals surface area contributed by atoms with Crippen LogP contribution in [-0.2, 0) is 4.74 Å². The van der Waals surface area contributed by atoms with Crippen molar-refractivity contribution in [3.05, 3.63) is 27.9 Å². The first kappa shape index (κ1) is 12.7. The van der Waals surface area contributed by atoms with Crippen LogP contribution in [0.1, 0.15) is 5.56 Å². The largest absolute Gasteiger partial charge is 0.448 e. The van der Waals surface area contributed by atoms with Gasteiger partial charge in [-0.05, 0) is 13.0 Å². The fraction of sp³-hybridized carbons (Fsp3) is 0.333. The Balaban J connectivity index is 2.67. The van der Waals surface area contributed by atoms with Crippen molar-refractivity contribution in [3.8, 4) is 0 Å². The summed E-state index contributed by atoms with van der Waals surface area (Å²) in [7, 11) is 0. The van der Waals surface area contributed by atoms with Crippen molar-refractivity contribution < 1.29 is 14.5 Å². The number of anilines is 1. The molecule has 92 valence electrons. The number of primary amides is 1. The number of carbonyl (C=O) groups is 1. The van der Waals surface area contributed by atoms with Gasteiger partial charge in [0.1, 0.15) is 6.61 Å². The molecule has 8 nitrogen and oxygen atoms in total. The lowest BCUT2D eigenvalue weighted by molar-refractivity contribution is -0.384. The number of hydrogen-bond donors (Lipinski definition) is 2. The maximum absolute atomic E-state index is 10.8. The molecule has 0 aromatic carbocycles. The number of carbonyl (C=O) groups excluding carboxylic acids is 1. The van der Waals surface area contributed by atoms with Crippen molar-refractivity contribution in [2.24, 2.45) is 5.73 Å². The van der Waals surface area contributed by atoms with Crippen molar-refractivity contribution in [1.29, 1.82) is 0 Å². The molecule has 1 rings (SSSR count). The topological polar surface area (TPSA) is 120 Å². The Morgan fingerprint density at radius 3 is 3.00 bits per heavy atom. The summed E-state index contributed by atoms with van der Waals surface area (Å²) in [5.41, 5.74) is 5.17. The fourth-order valence-corrected chi connectivity index (χ4v) is 1.23. The molecule has 0 saturated heterocycles. The molecule has 0 fully saturated rings. The minimum Gasteiger partial charge on any atom is -0.448 e. The Bertz CT molecular complexity index is 435. The van der Waals surface area contributed by atoms with Crippen LogP contribution in [0.25, 0.3) is 0 Å². The zero-order valence-corrected chi connectivity index (χ0v) is 9.17. The first-order valence-electron chi connectivity index (χ1n) is 4.78. The molecule has 0 aliphatic heterocycles. The molecule has 0 aliphatic carbocycles. The Labute approximate surface area is 96.9 Å². The zero-order chi connectivity index (χ0) is 12.8. The SMILES string of the molecule is Cc1ccnc(NCCOC(N)=O)c1[N+](=O)[O-]. The molecule has 1 aromatic rings. The summed E-state index contributed by atoms with van der Waals surface area (Å²) in [6.45, 7) is 1.83. The molecular weight excluding hydrogens is 228 g/mol. The van der Waals surface area contributed by atoms with Crippen LogP contribution >= 0.6 is 0 Å². The first-order valence-corrected chi connectivity index (χ1v) is 4.78. The summed E-state index contributed by atoms with van der Waals surface area (Å²) < 4.78 is 4.47. The van der Waals surface area contributed by atoms with Crippen LogP contribution in [0.5, 0.6) is 0 Å². The number of nitrogens with zero attached hydrogens (tertiary/aromatic N) is 2. The van der Waals surface area contributed by atoms with E-state index in [0.717, 1.165) is 0 Å². The third kappa shape index (κ3) is 3.59. The second-order valence-corrected chi connectivity index (χ2v) is 3.18. The number of nitro groups is 1. The number of amides is 1. The van der Waals surface area contributed by atoms with Crippen LogP contribution in [0.2, 0.25) is 0 Å². The summed E-state index contributed by atoms with van der Waals surface area (Å²) in [6, 6.07) is 1.54. The molecule has 1 amide bonds. The van der Waals surface area contributed by atoms with E-state index in [2.05, 4.69) is 15.0 Å². The lowest BCUT2D eigenvalue weighted by atomic mass is 10.2. The minimum atomic E-state index is -0.890. The van der Waals surface area contributed by atoms with Gasteiger partial charge in [-0.1, -0.05) is 0 Å². The molecular formula is C9H12N4O4. The van der Waals surface area contributed by atoms with E-state index in [1.807, 2.05) is 0 Å². The lowest BCUT2D eigenvalue weighted by Gasteiger charge is -2.07. The summed E-state index contributed by atoms with van der Waals surface area (Å²) >= 11 is 0. The first-order chi connectivity index (χ1) is 8.02. The van der Waals surface area contributed by atoms with Crippen molar-refractivity contribution in [2.75, 3.05) is 18.5 Å². The van der Waals surface area contributed by atoms with Crippen LogP contribution in [0.3, 0.4) is 0 Å².